The number of amides is 2. The molecule has 0 saturated heterocycles. The first-order valence-electron chi connectivity index (χ1n) is 10.1. The Bertz CT molecular complexity index is 451. The van der Waals surface area contributed by atoms with Crippen LogP contribution in [0.4, 0.5) is 0 Å². The van der Waals surface area contributed by atoms with Crippen molar-refractivity contribution in [2.75, 3.05) is 27.4 Å². The standard InChI is InChI=1S/C11H18N2O3.C2H6O2.C2H6O.5C2H4.Na/c1-4-6-7(3)11(5-2)8(14)12-10(16)13-9(11)15;3-1-2-4;1-3-2;5*1-2;/h7H,4-6H2,1-3H3,(H2,12,13,14,15,16);3-4H,1-2H2;1-2H3;5*1-2H2;/q;;;;;;;;+1/p-1. The monoisotopic (exact) mass is 496 g/mol. The Morgan fingerprint density at radius 3 is 1.47 bits per heavy atom. The van der Waals surface area contributed by atoms with E-state index < -0.39 is 23.3 Å². The average molecular weight is 497 g/mol. The van der Waals surface area contributed by atoms with Gasteiger partial charge in [-0.3, -0.25) is 9.59 Å². The topological polar surface area (TPSA) is 131 Å². The number of rotatable bonds is 5. The van der Waals surface area contributed by atoms with Gasteiger partial charge in [0.2, 0.25) is 5.91 Å². The van der Waals surface area contributed by atoms with E-state index in [1.54, 1.807) is 21.1 Å². The Morgan fingerprint density at radius 2 is 1.26 bits per heavy atom. The predicted molar refractivity (Wildman–Crippen MR) is 141 cm³/mol. The van der Waals surface area contributed by atoms with Crippen molar-refractivity contribution in [2.24, 2.45) is 16.3 Å². The number of nitrogens with one attached hydrogen (secondary N) is 1. The van der Waals surface area contributed by atoms with Crippen molar-refractivity contribution >= 4 is 17.8 Å². The molecule has 9 heteroatoms. The van der Waals surface area contributed by atoms with E-state index in [2.05, 4.69) is 80.8 Å². The van der Waals surface area contributed by atoms with Crippen molar-refractivity contribution in [2.45, 2.75) is 40.0 Å². The first-order valence-corrected chi connectivity index (χ1v) is 10.1. The van der Waals surface area contributed by atoms with Gasteiger partial charge in [-0.2, -0.15) is 0 Å². The van der Waals surface area contributed by atoms with Gasteiger partial charge in [-0.25, -0.2) is 4.99 Å². The summed E-state index contributed by atoms with van der Waals surface area (Å²) in [6.07, 6.45) is 2.02. The van der Waals surface area contributed by atoms with Crippen LogP contribution in [-0.2, 0) is 14.3 Å². The molecule has 0 saturated carbocycles. The molecule has 34 heavy (non-hydrogen) atoms. The number of aliphatic imine (C=N–C) groups is 1. The summed E-state index contributed by atoms with van der Waals surface area (Å²) in [6, 6.07) is -0.845. The van der Waals surface area contributed by atoms with E-state index in [0.29, 0.717) is 6.42 Å². The molecule has 1 heterocycles. The van der Waals surface area contributed by atoms with E-state index in [1.807, 2.05) is 13.8 Å². The third kappa shape index (κ3) is 26.4. The number of hydrogen-bond acceptors (Lipinski definition) is 6. The molecule has 0 aromatic carbocycles. The summed E-state index contributed by atoms with van der Waals surface area (Å²) in [5.74, 6) is -1.20. The second-order valence-corrected chi connectivity index (χ2v) is 5.05. The number of nitrogens with zero attached hydrogens (tertiary/aromatic N) is 1. The number of carbonyl (C=O) groups is 2. The maximum absolute atomic E-state index is 11.9. The number of hydrogen-bond donors (Lipinski definition) is 3. The third-order valence-electron chi connectivity index (χ3n) is 3.43. The molecule has 1 rings (SSSR count). The second-order valence-electron chi connectivity index (χ2n) is 5.05. The van der Waals surface area contributed by atoms with Gasteiger partial charge >= 0.3 is 29.6 Å². The minimum absolute atomic E-state index is 0. The normalized spacial score (nSPS) is 14.9. The van der Waals surface area contributed by atoms with Crippen molar-refractivity contribution in [3.05, 3.63) is 65.8 Å². The Hall–Kier alpha value is -1.81. The molecule has 1 aliphatic heterocycles. The second kappa shape index (κ2) is 48.6. The third-order valence-corrected chi connectivity index (χ3v) is 3.43. The number of aliphatic hydroxyl groups excluding tert-OH is 2. The average Bonchev–Trinajstić information content (AvgIpc) is 2.86. The molecule has 0 fully saturated rings. The summed E-state index contributed by atoms with van der Waals surface area (Å²) < 4.78 is 4.25. The molecule has 0 bridgehead atoms. The molecule has 8 nitrogen and oxygen atoms in total. The first kappa shape index (κ1) is 53.5. The molecule has 196 valence electrons. The van der Waals surface area contributed by atoms with Gasteiger partial charge in [0.05, 0.1) is 19.2 Å². The van der Waals surface area contributed by atoms with Crippen LogP contribution in [0.5, 0.6) is 0 Å². The van der Waals surface area contributed by atoms with Gasteiger partial charge in [0.15, 0.2) is 0 Å². The van der Waals surface area contributed by atoms with E-state index in [1.165, 1.54) is 0 Å². The molecule has 2 unspecified atom stereocenters. The quantitative estimate of drug-likeness (QED) is 0.288. The number of carbonyl (C=O) groups excluding carboxylic acids is 2. The Labute approximate surface area is 231 Å². The van der Waals surface area contributed by atoms with Crippen LogP contribution < -0.4 is 40.0 Å². The molecular weight excluding hydrogens is 447 g/mol. The SMILES string of the molecule is C=C.C=C.C=C.C=C.C=C.CCCC(C)C1(CC)C(=O)N=C([O-])NC1=O.COC.OCCO.[Na+]. The summed E-state index contributed by atoms with van der Waals surface area (Å²) in [7, 11) is 3.25. The van der Waals surface area contributed by atoms with Gasteiger partial charge in [-0.05, 0) is 18.8 Å². The Morgan fingerprint density at radius 1 is 0.941 bits per heavy atom. The van der Waals surface area contributed by atoms with Gasteiger partial charge < -0.3 is 25.4 Å². The fourth-order valence-corrected chi connectivity index (χ4v) is 2.30. The van der Waals surface area contributed by atoms with Crippen LogP contribution >= 0.6 is 0 Å². The number of ether oxygens (including phenoxy) is 1. The van der Waals surface area contributed by atoms with Crippen LogP contribution in [0.15, 0.2) is 70.8 Å². The van der Waals surface area contributed by atoms with E-state index in [0.717, 1.165) is 12.8 Å². The molecule has 0 spiro atoms. The maximum atomic E-state index is 11.9. The summed E-state index contributed by atoms with van der Waals surface area (Å²) in [5.41, 5.74) is -1.15. The number of amidine groups is 1. The van der Waals surface area contributed by atoms with Crippen molar-refractivity contribution < 1.29 is 59.2 Å². The van der Waals surface area contributed by atoms with E-state index >= 15 is 0 Å². The largest absolute Gasteiger partial charge is 1.00 e. The smallest absolute Gasteiger partial charge is 0.846 e. The minimum Gasteiger partial charge on any atom is -0.846 e. The Kier molecular flexibility index (Phi) is 76.5. The zero-order valence-corrected chi connectivity index (χ0v) is 24.7. The minimum atomic E-state index is -1.15. The van der Waals surface area contributed by atoms with Gasteiger partial charge in [-0.15, -0.1) is 65.8 Å². The fraction of sp³-hybridized carbons (Fsp3) is 0.480. The van der Waals surface area contributed by atoms with Gasteiger partial charge in [0.1, 0.15) is 5.41 Å². The summed E-state index contributed by atoms with van der Waals surface area (Å²) in [6.45, 7) is 35.4. The molecule has 0 aliphatic carbocycles. The molecular formula is C25H49N2NaO6. The van der Waals surface area contributed by atoms with Crippen molar-refractivity contribution in [3.8, 4) is 0 Å². The predicted octanol–water partition coefficient (Wildman–Crippen LogP) is 0.440. The molecule has 0 aromatic rings. The van der Waals surface area contributed by atoms with Crippen LogP contribution in [0.1, 0.15) is 40.0 Å². The van der Waals surface area contributed by atoms with E-state index in [4.69, 9.17) is 10.2 Å². The zero-order valence-electron chi connectivity index (χ0n) is 22.7. The summed E-state index contributed by atoms with van der Waals surface area (Å²) >= 11 is 0. The van der Waals surface area contributed by atoms with Crippen molar-refractivity contribution in [1.82, 2.24) is 5.32 Å². The summed E-state index contributed by atoms with van der Waals surface area (Å²) in [5, 5.41) is 28.3. The molecule has 3 N–H and O–H groups in total. The molecule has 0 aromatic heterocycles. The zero-order chi connectivity index (χ0) is 28.5. The fourth-order valence-electron chi connectivity index (χ4n) is 2.30. The number of aliphatic hydroxyl groups is 2. The van der Waals surface area contributed by atoms with Gasteiger partial charge in [0.25, 0.3) is 5.91 Å². The maximum Gasteiger partial charge on any atom is 1.00 e. The van der Waals surface area contributed by atoms with Crippen LogP contribution in [0, 0.1) is 11.3 Å². The van der Waals surface area contributed by atoms with Crippen molar-refractivity contribution in [3.63, 3.8) is 0 Å². The van der Waals surface area contributed by atoms with Crippen molar-refractivity contribution in [1.29, 1.82) is 0 Å². The van der Waals surface area contributed by atoms with Crippen LogP contribution in [0.2, 0.25) is 0 Å². The van der Waals surface area contributed by atoms with Crippen LogP contribution in [0.25, 0.3) is 0 Å². The molecule has 1 aliphatic rings. The van der Waals surface area contributed by atoms with E-state index in [9.17, 15) is 14.7 Å². The van der Waals surface area contributed by atoms with Gasteiger partial charge in [0, 0.05) is 14.2 Å². The molecule has 0 radical (unpaired) electrons. The van der Waals surface area contributed by atoms with Crippen LogP contribution in [0.3, 0.4) is 0 Å². The summed E-state index contributed by atoms with van der Waals surface area (Å²) in [4.78, 5) is 27.1. The van der Waals surface area contributed by atoms with Crippen LogP contribution in [-0.4, -0.2) is 55.5 Å². The number of methoxy groups -OCH3 is 1. The van der Waals surface area contributed by atoms with E-state index in [-0.39, 0.29) is 48.7 Å². The van der Waals surface area contributed by atoms with Gasteiger partial charge in [-0.1, -0.05) is 27.2 Å². The molecule has 2 atom stereocenters. The first-order chi connectivity index (χ1) is 15.8. The Balaban J connectivity index is -0.0000000524. The molecule has 2 amide bonds.